The Kier molecular flexibility index (Phi) is 3.00. The molecule has 0 saturated heterocycles. The van der Waals surface area contributed by atoms with E-state index in [1.165, 1.54) is 0 Å². The first-order valence-corrected chi connectivity index (χ1v) is 5.93. The number of benzene rings is 2. The van der Waals surface area contributed by atoms with Gasteiger partial charge >= 0.3 is 8.03 Å². The van der Waals surface area contributed by atoms with E-state index in [9.17, 15) is 4.57 Å². The van der Waals surface area contributed by atoms with Crippen molar-refractivity contribution < 1.29 is 14.6 Å². The predicted octanol–water partition coefficient (Wildman–Crippen LogP) is 2.42. The molecule has 4 heteroatoms. The van der Waals surface area contributed by atoms with E-state index in [0.717, 1.165) is 11.1 Å². The quantitative estimate of drug-likeness (QED) is 0.783. The molecule has 0 aliphatic carbocycles. The van der Waals surface area contributed by atoms with Gasteiger partial charge in [0.25, 0.3) is 0 Å². The van der Waals surface area contributed by atoms with Crippen molar-refractivity contribution in [3.63, 3.8) is 0 Å². The summed E-state index contributed by atoms with van der Waals surface area (Å²) in [6.07, 6.45) is 0. The molecule has 1 unspecified atom stereocenters. The summed E-state index contributed by atoms with van der Waals surface area (Å²) in [5.41, 5.74) is 1.90. The Hall–Kier alpha value is -1.70. The molecule has 0 aliphatic rings. The summed E-state index contributed by atoms with van der Waals surface area (Å²) < 4.78 is 10.8. The van der Waals surface area contributed by atoms with Crippen LogP contribution >= 0.6 is 8.03 Å². The standard InChI is InChI=1S/C12H9O3P/c13-11-5-1-9(2-6-11)10-3-7-12(8-4-10)16(14)15/h1-8H,(H-,13,14,15)/p+1. The first kappa shape index (κ1) is 10.8. The lowest BCUT2D eigenvalue weighted by Crippen LogP contribution is -1.93. The Balaban J connectivity index is 2.34. The van der Waals surface area contributed by atoms with E-state index in [-0.39, 0.29) is 5.75 Å². The molecule has 0 saturated carbocycles. The number of hydrogen-bond donors (Lipinski definition) is 2. The molecule has 16 heavy (non-hydrogen) atoms. The Morgan fingerprint density at radius 2 is 1.25 bits per heavy atom. The van der Waals surface area contributed by atoms with E-state index in [4.69, 9.17) is 10.00 Å². The zero-order valence-electron chi connectivity index (χ0n) is 8.37. The van der Waals surface area contributed by atoms with Crippen molar-refractivity contribution in [1.29, 1.82) is 0 Å². The minimum absolute atomic E-state index is 0.221. The first-order chi connectivity index (χ1) is 7.66. The normalized spacial score (nSPS) is 11.2. The molecule has 0 aromatic heterocycles. The maximum Gasteiger partial charge on any atom is 0.546 e. The number of aromatic hydroxyl groups is 1. The highest BCUT2D eigenvalue weighted by molar-refractivity contribution is 7.47. The van der Waals surface area contributed by atoms with Gasteiger partial charge in [-0.3, -0.25) is 0 Å². The number of rotatable bonds is 2. The second-order valence-corrected chi connectivity index (χ2v) is 4.43. The molecule has 2 N–H and O–H groups in total. The average molecular weight is 233 g/mol. The molecule has 2 aromatic rings. The van der Waals surface area contributed by atoms with Crippen molar-refractivity contribution >= 4 is 13.3 Å². The fourth-order valence-corrected chi connectivity index (χ4v) is 1.84. The van der Waals surface area contributed by atoms with Gasteiger partial charge in [0.2, 0.25) is 5.30 Å². The van der Waals surface area contributed by atoms with Crippen LogP contribution in [-0.4, -0.2) is 10.00 Å². The summed E-state index contributed by atoms with van der Waals surface area (Å²) in [6, 6.07) is 13.6. The van der Waals surface area contributed by atoms with Crippen LogP contribution in [0.5, 0.6) is 5.75 Å². The van der Waals surface area contributed by atoms with Gasteiger partial charge in [0.05, 0.1) is 0 Å². The van der Waals surface area contributed by atoms with E-state index in [1.807, 2.05) is 0 Å². The van der Waals surface area contributed by atoms with Crippen LogP contribution in [-0.2, 0) is 4.57 Å². The van der Waals surface area contributed by atoms with Crippen molar-refractivity contribution in [3.05, 3.63) is 48.5 Å². The van der Waals surface area contributed by atoms with Crippen LogP contribution in [0, 0.1) is 0 Å². The highest BCUT2D eigenvalue weighted by Crippen LogP contribution is 2.22. The van der Waals surface area contributed by atoms with Crippen LogP contribution in [0.1, 0.15) is 0 Å². The van der Waals surface area contributed by atoms with Crippen molar-refractivity contribution in [2.24, 2.45) is 0 Å². The van der Waals surface area contributed by atoms with Crippen LogP contribution in [0.4, 0.5) is 0 Å². The topological polar surface area (TPSA) is 57.5 Å². The smallest absolute Gasteiger partial charge is 0.508 e. The van der Waals surface area contributed by atoms with Gasteiger partial charge in [-0.2, -0.15) is 4.89 Å². The Labute approximate surface area is 93.9 Å². The van der Waals surface area contributed by atoms with E-state index in [0.29, 0.717) is 5.30 Å². The van der Waals surface area contributed by atoms with E-state index < -0.39 is 8.03 Å². The minimum atomic E-state index is -2.27. The van der Waals surface area contributed by atoms with Crippen molar-refractivity contribution in [1.82, 2.24) is 0 Å². The zero-order chi connectivity index (χ0) is 11.5. The third kappa shape index (κ3) is 2.27. The summed E-state index contributed by atoms with van der Waals surface area (Å²) in [7, 11) is -2.27. The van der Waals surface area contributed by atoms with Crippen LogP contribution in [0.3, 0.4) is 0 Å². The van der Waals surface area contributed by atoms with Gasteiger partial charge in [0, 0.05) is 0 Å². The van der Waals surface area contributed by atoms with Gasteiger partial charge in [0.1, 0.15) is 5.75 Å². The van der Waals surface area contributed by atoms with Gasteiger partial charge in [-0.25, -0.2) is 0 Å². The summed E-state index contributed by atoms with van der Waals surface area (Å²) >= 11 is 0. The van der Waals surface area contributed by atoms with Crippen LogP contribution in [0.25, 0.3) is 11.1 Å². The highest BCUT2D eigenvalue weighted by Gasteiger charge is 2.14. The van der Waals surface area contributed by atoms with Gasteiger partial charge < -0.3 is 5.11 Å². The number of phenols is 1. The maximum atomic E-state index is 10.8. The summed E-state index contributed by atoms with van der Waals surface area (Å²) in [5.74, 6) is 0.221. The Morgan fingerprint density at radius 3 is 1.69 bits per heavy atom. The Morgan fingerprint density at radius 1 is 0.812 bits per heavy atom. The molecule has 0 amide bonds. The predicted molar refractivity (Wildman–Crippen MR) is 63.0 cm³/mol. The maximum absolute atomic E-state index is 10.8. The second-order valence-electron chi connectivity index (χ2n) is 3.37. The van der Waals surface area contributed by atoms with Crippen molar-refractivity contribution in [2.75, 3.05) is 0 Å². The summed E-state index contributed by atoms with van der Waals surface area (Å²) in [4.78, 5) is 8.90. The number of hydrogen-bond acceptors (Lipinski definition) is 2. The molecule has 2 aromatic carbocycles. The largest absolute Gasteiger partial charge is 0.546 e. The van der Waals surface area contributed by atoms with Gasteiger partial charge in [-0.1, -0.05) is 12.1 Å². The zero-order valence-corrected chi connectivity index (χ0v) is 9.26. The Bertz CT molecular complexity index is 503. The van der Waals surface area contributed by atoms with E-state index >= 15 is 0 Å². The molecule has 0 spiro atoms. The third-order valence-corrected chi connectivity index (χ3v) is 3.03. The van der Waals surface area contributed by atoms with Crippen LogP contribution in [0.2, 0.25) is 0 Å². The molecule has 0 heterocycles. The van der Waals surface area contributed by atoms with Crippen LogP contribution in [0.15, 0.2) is 48.5 Å². The molecule has 0 fully saturated rings. The summed E-state index contributed by atoms with van der Waals surface area (Å²) in [6.45, 7) is 0. The fourth-order valence-electron chi connectivity index (χ4n) is 1.44. The van der Waals surface area contributed by atoms with Crippen LogP contribution < -0.4 is 5.30 Å². The summed E-state index contributed by atoms with van der Waals surface area (Å²) in [5, 5.41) is 9.56. The van der Waals surface area contributed by atoms with E-state index in [2.05, 4.69) is 0 Å². The molecule has 0 radical (unpaired) electrons. The third-order valence-electron chi connectivity index (χ3n) is 2.29. The van der Waals surface area contributed by atoms with Gasteiger partial charge in [-0.05, 0) is 52.1 Å². The second kappa shape index (κ2) is 4.44. The lowest BCUT2D eigenvalue weighted by molar-refractivity contribution is 0.475. The molecule has 0 bridgehead atoms. The highest BCUT2D eigenvalue weighted by atomic mass is 31.1. The average Bonchev–Trinajstić information content (AvgIpc) is 2.30. The molecular formula is C12H10O3P+. The minimum Gasteiger partial charge on any atom is -0.508 e. The number of phenolic OH excluding ortho intramolecular Hbond substituents is 1. The van der Waals surface area contributed by atoms with E-state index in [1.54, 1.807) is 48.5 Å². The molecule has 3 nitrogen and oxygen atoms in total. The molecule has 2 rings (SSSR count). The fraction of sp³-hybridized carbons (Fsp3) is 0. The molecule has 0 aliphatic heterocycles. The molecular weight excluding hydrogens is 223 g/mol. The van der Waals surface area contributed by atoms with Crippen molar-refractivity contribution in [3.8, 4) is 16.9 Å². The monoisotopic (exact) mass is 233 g/mol. The van der Waals surface area contributed by atoms with Crippen molar-refractivity contribution in [2.45, 2.75) is 0 Å². The lowest BCUT2D eigenvalue weighted by Gasteiger charge is -2.00. The molecule has 80 valence electrons. The lowest BCUT2D eigenvalue weighted by atomic mass is 10.1. The molecule has 1 atom stereocenters. The van der Waals surface area contributed by atoms with Gasteiger partial charge in [-0.15, -0.1) is 0 Å². The van der Waals surface area contributed by atoms with Gasteiger partial charge in [0.15, 0.2) is 0 Å². The first-order valence-electron chi connectivity index (χ1n) is 4.72. The SMILES string of the molecule is O=[P+](O)c1ccc(-c2ccc(O)cc2)cc1.